The Morgan fingerprint density at radius 3 is 2.31 bits per heavy atom. The Hall–Kier alpha value is -2.05. The van der Waals surface area contributed by atoms with E-state index in [4.69, 9.17) is 11.6 Å². The average Bonchev–Trinajstić information content (AvgIpc) is 2.59. The zero-order valence-electron chi connectivity index (χ0n) is 14.9. The van der Waals surface area contributed by atoms with Crippen LogP contribution in [0.1, 0.15) is 31.4 Å². The zero-order valence-corrected chi connectivity index (χ0v) is 16.4. The molecule has 2 aromatic carbocycles. The summed E-state index contributed by atoms with van der Waals surface area (Å²) in [5, 5.41) is 3.47. The van der Waals surface area contributed by atoms with Gasteiger partial charge in [0.1, 0.15) is 0 Å². The first-order valence-corrected chi connectivity index (χ1v) is 10.6. The van der Waals surface area contributed by atoms with Crippen molar-refractivity contribution in [1.82, 2.24) is 5.32 Å². The summed E-state index contributed by atoms with van der Waals surface area (Å²) < 4.78 is 25.4. The minimum absolute atomic E-state index is 0.0917. The summed E-state index contributed by atoms with van der Waals surface area (Å²) in [6.07, 6.45) is 1.82. The molecular formula is C19H23ClN2O3S. The lowest BCUT2D eigenvalue weighted by Crippen LogP contribution is -2.32. The van der Waals surface area contributed by atoms with E-state index in [2.05, 4.69) is 5.32 Å². The largest absolute Gasteiger partial charge is 0.350 e. The fourth-order valence-electron chi connectivity index (χ4n) is 2.62. The van der Waals surface area contributed by atoms with E-state index >= 15 is 0 Å². The molecule has 0 fully saturated rings. The number of amides is 1. The molecule has 140 valence electrons. The molecule has 0 aromatic heterocycles. The number of sulfonamides is 1. The third-order valence-corrected chi connectivity index (χ3v) is 5.40. The first-order valence-electron chi connectivity index (χ1n) is 8.35. The maximum Gasteiger partial charge on any atom is 0.232 e. The molecule has 5 nitrogen and oxygen atoms in total. The molecule has 0 radical (unpaired) electrons. The van der Waals surface area contributed by atoms with Crippen LogP contribution in [-0.4, -0.2) is 27.1 Å². The lowest BCUT2D eigenvalue weighted by molar-refractivity contribution is -0.121. The predicted octanol–water partition coefficient (Wildman–Crippen LogP) is 3.76. The van der Waals surface area contributed by atoms with Crippen molar-refractivity contribution < 1.29 is 13.2 Å². The van der Waals surface area contributed by atoms with Crippen molar-refractivity contribution in [3.63, 3.8) is 0 Å². The van der Waals surface area contributed by atoms with Crippen LogP contribution in [0.4, 0.5) is 5.69 Å². The minimum atomic E-state index is -3.44. The van der Waals surface area contributed by atoms with Crippen LogP contribution in [-0.2, 0) is 14.8 Å². The number of carbonyl (C=O) groups is 1. The van der Waals surface area contributed by atoms with Crippen LogP contribution in [0.25, 0.3) is 0 Å². The summed E-state index contributed by atoms with van der Waals surface area (Å²) >= 11 is 5.85. The van der Waals surface area contributed by atoms with Crippen LogP contribution in [0.2, 0.25) is 5.02 Å². The SMILES string of the molecule is C[C@@H](NC(=O)CCCN(c1ccc(Cl)cc1)S(C)(=O)=O)c1ccccc1. The van der Waals surface area contributed by atoms with Gasteiger partial charge in [-0.15, -0.1) is 0 Å². The minimum Gasteiger partial charge on any atom is -0.350 e. The quantitative estimate of drug-likeness (QED) is 0.741. The molecule has 2 rings (SSSR count). The predicted molar refractivity (Wildman–Crippen MR) is 106 cm³/mol. The molecule has 0 saturated heterocycles. The molecular weight excluding hydrogens is 372 g/mol. The van der Waals surface area contributed by atoms with Gasteiger partial charge >= 0.3 is 0 Å². The molecule has 2 aromatic rings. The van der Waals surface area contributed by atoms with Gasteiger partial charge in [0.2, 0.25) is 15.9 Å². The van der Waals surface area contributed by atoms with Gasteiger partial charge in [0.05, 0.1) is 18.0 Å². The Balaban J connectivity index is 1.91. The fourth-order valence-corrected chi connectivity index (χ4v) is 3.71. The van der Waals surface area contributed by atoms with Crippen molar-refractivity contribution in [2.75, 3.05) is 17.1 Å². The summed E-state index contributed by atoms with van der Waals surface area (Å²) in [5.41, 5.74) is 1.56. The highest BCUT2D eigenvalue weighted by atomic mass is 35.5. The van der Waals surface area contributed by atoms with E-state index in [9.17, 15) is 13.2 Å². The van der Waals surface area contributed by atoms with Gasteiger partial charge in [0.15, 0.2) is 0 Å². The third kappa shape index (κ3) is 6.04. The number of nitrogens with zero attached hydrogens (tertiary/aromatic N) is 1. The number of nitrogens with one attached hydrogen (secondary N) is 1. The van der Waals surface area contributed by atoms with E-state index in [0.29, 0.717) is 17.1 Å². The summed E-state index contributed by atoms with van der Waals surface area (Å²) in [6, 6.07) is 16.2. The highest BCUT2D eigenvalue weighted by molar-refractivity contribution is 7.92. The van der Waals surface area contributed by atoms with Gasteiger partial charge in [-0.2, -0.15) is 0 Å². The molecule has 0 aliphatic heterocycles. The number of rotatable bonds is 8. The summed E-state index contributed by atoms with van der Waals surface area (Å²) in [4.78, 5) is 12.1. The van der Waals surface area contributed by atoms with E-state index in [1.165, 1.54) is 4.31 Å². The van der Waals surface area contributed by atoms with Gasteiger partial charge in [0.25, 0.3) is 0 Å². The van der Waals surface area contributed by atoms with E-state index in [-0.39, 0.29) is 24.9 Å². The topological polar surface area (TPSA) is 66.5 Å². The number of hydrogen-bond donors (Lipinski definition) is 1. The second-order valence-electron chi connectivity index (χ2n) is 6.11. The van der Waals surface area contributed by atoms with Gasteiger partial charge in [0, 0.05) is 18.0 Å². The monoisotopic (exact) mass is 394 g/mol. The summed E-state index contributed by atoms with van der Waals surface area (Å²) in [6.45, 7) is 2.15. The molecule has 0 unspecified atom stereocenters. The lowest BCUT2D eigenvalue weighted by atomic mass is 10.1. The Kier molecular flexibility index (Phi) is 7.06. The average molecular weight is 395 g/mol. The Morgan fingerprint density at radius 2 is 1.73 bits per heavy atom. The third-order valence-electron chi connectivity index (χ3n) is 3.96. The smallest absolute Gasteiger partial charge is 0.232 e. The van der Waals surface area contributed by atoms with Crippen molar-refractivity contribution in [2.24, 2.45) is 0 Å². The number of halogens is 1. The normalized spacial score (nSPS) is 12.4. The fraction of sp³-hybridized carbons (Fsp3) is 0.316. The zero-order chi connectivity index (χ0) is 19.2. The standard InChI is InChI=1S/C19H23ClN2O3S/c1-15(16-7-4-3-5-8-16)21-19(23)9-6-14-22(26(2,24)25)18-12-10-17(20)11-13-18/h3-5,7-8,10-13,15H,6,9,14H2,1-2H3,(H,21,23)/t15-/m1/s1. The molecule has 1 atom stereocenters. The van der Waals surface area contributed by atoms with Crippen LogP contribution < -0.4 is 9.62 Å². The van der Waals surface area contributed by atoms with E-state index < -0.39 is 10.0 Å². The Bertz CT molecular complexity index is 824. The molecule has 1 N–H and O–H groups in total. The number of hydrogen-bond acceptors (Lipinski definition) is 3. The van der Waals surface area contributed by atoms with Crippen LogP contribution in [0, 0.1) is 0 Å². The molecule has 0 aliphatic carbocycles. The maximum absolute atomic E-state index is 12.1. The molecule has 7 heteroatoms. The highest BCUT2D eigenvalue weighted by Gasteiger charge is 2.18. The van der Waals surface area contributed by atoms with E-state index in [1.807, 2.05) is 37.3 Å². The van der Waals surface area contributed by atoms with Gasteiger partial charge in [-0.25, -0.2) is 8.42 Å². The van der Waals surface area contributed by atoms with Gasteiger partial charge in [-0.3, -0.25) is 9.10 Å². The van der Waals surface area contributed by atoms with Crippen LogP contribution in [0.3, 0.4) is 0 Å². The molecule has 0 heterocycles. The van der Waals surface area contributed by atoms with Crippen LogP contribution in [0.15, 0.2) is 54.6 Å². The highest BCUT2D eigenvalue weighted by Crippen LogP contribution is 2.21. The molecule has 26 heavy (non-hydrogen) atoms. The number of carbonyl (C=O) groups excluding carboxylic acids is 1. The maximum atomic E-state index is 12.1. The summed E-state index contributed by atoms with van der Waals surface area (Å²) in [5.74, 6) is -0.106. The molecule has 0 bridgehead atoms. The van der Waals surface area contributed by atoms with E-state index in [0.717, 1.165) is 11.8 Å². The van der Waals surface area contributed by atoms with Crippen molar-refractivity contribution in [2.45, 2.75) is 25.8 Å². The number of benzene rings is 2. The van der Waals surface area contributed by atoms with Crippen molar-refractivity contribution >= 4 is 33.2 Å². The van der Waals surface area contributed by atoms with Crippen LogP contribution >= 0.6 is 11.6 Å². The van der Waals surface area contributed by atoms with Crippen molar-refractivity contribution in [3.8, 4) is 0 Å². The summed E-state index contributed by atoms with van der Waals surface area (Å²) in [7, 11) is -3.44. The molecule has 0 aliphatic rings. The van der Waals surface area contributed by atoms with Gasteiger partial charge in [-0.1, -0.05) is 41.9 Å². The van der Waals surface area contributed by atoms with Gasteiger partial charge in [-0.05, 0) is 43.2 Å². The van der Waals surface area contributed by atoms with Crippen molar-refractivity contribution in [1.29, 1.82) is 0 Å². The van der Waals surface area contributed by atoms with E-state index in [1.54, 1.807) is 24.3 Å². The van der Waals surface area contributed by atoms with Gasteiger partial charge < -0.3 is 5.32 Å². The first kappa shape index (κ1) is 20.3. The second kappa shape index (κ2) is 9.05. The second-order valence-corrected chi connectivity index (χ2v) is 8.46. The molecule has 0 spiro atoms. The Morgan fingerprint density at radius 1 is 1.12 bits per heavy atom. The van der Waals surface area contributed by atoms with Crippen LogP contribution in [0.5, 0.6) is 0 Å². The number of anilines is 1. The first-order chi connectivity index (χ1) is 12.3. The molecule has 0 saturated carbocycles. The van der Waals surface area contributed by atoms with Crippen molar-refractivity contribution in [3.05, 3.63) is 65.2 Å². The molecule has 1 amide bonds. The lowest BCUT2D eigenvalue weighted by Gasteiger charge is -2.22. The Labute approximate surface area is 160 Å².